The van der Waals surface area contributed by atoms with Crippen LogP contribution < -0.4 is 5.32 Å². The minimum atomic E-state index is -4.36. The molecule has 0 saturated heterocycles. The number of carbonyl (C=O) groups excluding carboxylic acids is 1. The van der Waals surface area contributed by atoms with Crippen molar-refractivity contribution in [2.24, 2.45) is 0 Å². The maximum Gasteiger partial charge on any atom is 0.472 e. The lowest BCUT2D eigenvalue weighted by Gasteiger charge is -2.25. The summed E-state index contributed by atoms with van der Waals surface area (Å²) in [5.74, 6) is -0.200. The summed E-state index contributed by atoms with van der Waals surface area (Å²) in [7, 11) is 1.54. The van der Waals surface area contributed by atoms with Gasteiger partial charge in [0.05, 0.1) is 39.9 Å². The highest BCUT2D eigenvalue weighted by Crippen LogP contribution is 2.43. The van der Waals surface area contributed by atoms with Crippen LogP contribution in [0.5, 0.6) is 0 Å². The maximum atomic E-state index is 12.9. The van der Waals surface area contributed by atoms with Crippen molar-refractivity contribution >= 4 is 13.7 Å². The van der Waals surface area contributed by atoms with E-state index in [1.165, 1.54) is 128 Å². The van der Waals surface area contributed by atoms with Gasteiger partial charge in [0.2, 0.25) is 5.91 Å². The Hall–Kier alpha value is -1.80. The van der Waals surface area contributed by atoms with Gasteiger partial charge in [-0.3, -0.25) is 13.8 Å². The maximum absolute atomic E-state index is 12.9. The topological polar surface area (TPSA) is 105 Å². The Balaban J connectivity index is 4.44. The molecule has 0 aromatic rings. The van der Waals surface area contributed by atoms with Crippen LogP contribution in [0.3, 0.4) is 0 Å². The fourth-order valence-corrected chi connectivity index (χ4v) is 7.66. The number of aliphatic hydroxyl groups is 1. The predicted octanol–water partition coefficient (Wildman–Crippen LogP) is 14.6. The summed E-state index contributed by atoms with van der Waals surface area (Å²) in [5.41, 5.74) is 0. The van der Waals surface area contributed by atoms with Gasteiger partial charge in [0.1, 0.15) is 13.2 Å². The van der Waals surface area contributed by atoms with Gasteiger partial charge in [-0.2, -0.15) is 0 Å². The largest absolute Gasteiger partial charge is 0.472 e. The monoisotopic (exact) mass is 878 g/mol. The molecule has 0 spiro atoms. The van der Waals surface area contributed by atoms with E-state index < -0.39 is 20.0 Å². The number of unbranched alkanes of at least 4 members (excludes halogenated alkanes) is 24. The van der Waals surface area contributed by atoms with Crippen LogP contribution in [-0.2, 0) is 18.4 Å². The van der Waals surface area contributed by atoms with Gasteiger partial charge in [0, 0.05) is 6.42 Å². The number of rotatable bonds is 45. The molecule has 0 aromatic heterocycles. The molecule has 0 aromatic carbocycles. The number of nitrogens with one attached hydrogen (secondary N) is 1. The molecule has 0 aliphatic carbocycles. The van der Waals surface area contributed by atoms with Gasteiger partial charge in [-0.05, 0) is 77.0 Å². The number of allylic oxidation sites excluding steroid dienone is 9. The number of hydrogen-bond donors (Lipinski definition) is 3. The Bertz CT molecular complexity index is 1180. The molecule has 3 N–H and O–H groups in total. The Labute approximate surface area is 377 Å². The summed E-state index contributed by atoms with van der Waals surface area (Å²) in [5, 5.41) is 13.8. The number of quaternary nitrogens is 1. The van der Waals surface area contributed by atoms with E-state index >= 15 is 0 Å². The molecule has 0 aliphatic rings. The van der Waals surface area contributed by atoms with Crippen molar-refractivity contribution in [1.29, 1.82) is 0 Å². The van der Waals surface area contributed by atoms with Gasteiger partial charge in [-0.25, -0.2) is 4.57 Å². The van der Waals surface area contributed by atoms with Crippen molar-refractivity contribution in [2.75, 3.05) is 40.9 Å². The fourth-order valence-electron chi connectivity index (χ4n) is 6.93. The van der Waals surface area contributed by atoms with E-state index in [9.17, 15) is 19.4 Å². The quantitative estimate of drug-likeness (QED) is 0.0244. The minimum Gasteiger partial charge on any atom is -0.387 e. The molecule has 0 saturated carbocycles. The van der Waals surface area contributed by atoms with E-state index in [0.717, 1.165) is 64.2 Å². The molecule has 0 radical (unpaired) electrons. The number of nitrogens with zero attached hydrogens (tertiary/aromatic N) is 1. The van der Waals surface area contributed by atoms with Gasteiger partial charge in [0.25, 0.3) is 0 Å². The van der Waals surface area contributed by atoms with Crippen LogP contribution in [-0.4, -0.2) is 73.4 Å². The van der Waals surface area contributed by atoms with Crippen molar-refractivity contribution in [1.82, 2.24) is 5.32 Å². The number of likely N-dealkylation sites (N-methyl/N-ethyl adjacent to an activating group) is 1. The van der Waals surface area contributed by atoms with Gasteiger partial charge >= 0.3 is 7.82 Å². The zero-order valence-electron chi connectivity index (χ0n) is 40.4. The van der Waals surface area contributed by atoms with E-state index in [-0.39, 0.29) is 19.1 Å². The molecule has 0 heterocycles. The lowest BCUT2D eigenvalue weighted by atomic mass is 10.1. The second kappa shape index (κ2) is 43.5. The number of phosphoric acid groups is 1. The highest BCUT2D eigenvalue weighted by molar-refractivity contribution is 7.47. The van der Waals surface area contributed by atoms with Crippen LogP contribution in [0.4, 0.5) is 0 Å². The Morgan fingerprint density at radius 1 is 0.557 bits per heavy atom. The first-order valence-electron chi connectivity index (χ1n) is 25.2. The number of hydrogen-bond acceptors (Lipinski definition) is 5. The van der Waals surface area contributed by atoms with E-state index in [1.807, 2.05) is 27.2 Å². The minimum absolute atomic E-state index is 0.0498. The summed E-state index contributed by atoms with van der Waals surface area (Å²) in [6, 6.07) is -0.876. The van der Waals surface area contributed by atoms with E-state index in [1.54, 1.807) is 6.08 Å². The highest BCUT2D eigenvalue weighted by Gasteiger charge is 2.27. The van der Waals surface area contributed by atoms with Gasteiger partial charge in [0.15, 0.2) is 0 Å². The summed E-state index contributed by atoms with van der Waals surface area (Å²) in [4.78, 5) is 23.2. The van der Waals surface area contributed by atoms with Crippen molar-refractivity contribution in [3.05, 3.63) is 60.8 Å². The van der Waals surface area contributed by atoms with Gasteiger partial charge < -0.3 is 19.8 Å². The molecule has 0 fully saturated rings. The lowest BCUT2D eigenvalue weighted by Crippen LogP contribution is -2.45. The van der Waals surface area contributed by atoms with Gasteiger partial charge in [-0.15, -0.1) is 0 Å². The molecule has 8 nitrogen and oxygen atoms in total. The predicted molar refractivity (Wildman–Crippen MR) is 263 cm³/mol. The third-order valence-electron chi connectivity index (χ3n) is 10.9. The molecule has 0 aliphatic heterocycles. The smallest absolute Gasteiger partial charge is 0.387 e. The molecule has 356 valence electrons. The van der Waals surface area contributed by atoms with Crippen LogP contribution in [0.1, 0.15) is 213 Å². The molecule has 3 atom stereocenters. The van der Waals surface area contributed by atoms with Crippen molar-refractivity contribution in [3.63, 3.8) is 0 Å². The van der Waals surface area contributed by atoms with E-state index in [0.29, 0.717) is 17.4 Å². The van der Waals surface area contributed by atoms with Gasteiger partial charge in [-0.1, -0.05) is 190 Å². The first-order valence-corrected chi connectivity index (χ1v) is 26.7. The average molecular weight is 878 g/mol. The molecule has 0 bridgehead atoms. The second-order valence-electron chi connectivity index (χ2n) is 18.2. The number of carbonyl (C=O) groups is 1. The van der Waals surface area contributed by atoms with Crippen LogP contribution in [0, 0.1) is 0 Å². The molecule has 3 unspecified atom stereocenters. The Kier molecular flexibility index (Phi) is 42.2. The fraction of sp³-hybridized carbons (Fsp3) is 0.788. The summed E-state index contributed by atoms with van der Waals surface area (Å²) < 4.78 is 23.6. The highest BCUT2D eigenvalue weighted by atomic mass is 31.2. The van der Waals surface area contributed by atoms with Crippen LogP contribution in [0.2, 0.25) is 0 Å². The second-order valence-corrected chi connectivity index (χ2v) is 19.6. The number of aliphatic hydroxyl groups excluding tert-OH is 1. The molecule has 1 amide bonds. The zero-order valence-corrected chi connectivity index (χ0v) is 41.3. The molecule has 61 heavy (non-hydrogen) atoms. The van der Waals surface area contributed by atoms with E-state index in [2.05, 4.69) is 67.8 Å². The van der Waals surface area contributed by atoms with E-state index in [4.69, 9.17) is 9.05 Å². The molecule has 0 rings (SSSR count). The molecular formula is C52H98N2O6P+. The normalized spacial score (nSPS) is 14.7. The van der Waals surface area contributed by atoms with Crippen molar-refractivity contribution in [2.45, 2.75) is 225 Å². The molecule has 9 heteroatoms. The van der Waals surface area contributed by atoms with Crippen molar-refractivity contribution in [3.8, 4) is 0 Å². The SMILES string of the molecule is CCCCCC/C=C\C/C=C\CCCCCCCCCC(=O)NC(COP(=O)(O)OCC[N+](C)(C)C)C(O)/C=C/CC/C=C/CC/C=C/CCCCCCCCCCCCC. The molecular weight excluding hydrogens is 780 g/mol. The lowest BCUT2D eigenvalue weighted by molar-refractivity contribution is -0.870. The average Bonchev–Trinajstić information content (AvgIpc) is 3.21. The third-order valence-corrected chi connectivity index (χ3v) is 11.9. The third kappa shape index (κ3) is 46.0. The number of phosphoric ester groups is 1. The first kappa shape index (κ1) is 59.2. The van der Waals surface area contributed by atoms with Crippen molar-refractivity contribution < 1.29 is 32.9 Å². The van der Waals surface area contributed by atoms with Crippen LogP contribution in [0.25, 0.3) is 0 Å². The number of amides is 1. The van der Waals surface area contributed by atoms with Crippen LogP contribution in [0.15, 0.2) is 60.8 Å². The Morgan fingerprint density at radius 3 is 1.43 bits per heavy atom. The standard InChI is InChI=1S/C52H97N2O6P/c1-6-8-10-12-14-16-18-20-22-24-26-27-28-29-31-33-35-37-39-41-43-45-51(55)50(49-60-61(57,58)59-48-47-54(3,4)5)53-52(56)46-44-42-40-38-36-34-32-30-25-23-21-19-17-15-13-11-9-7-2/h17,19,23,25,28-29,35,37,43,45,50-51,55H,6-16,18,20-22,24,26-27,30-34,36,38-42,44,46-49H2,1-5H3,(H-,53,56,57,58)/p+1/b19-17-,25-23-,29-28+,37-35+,45-43+. The Morgan fingerprint density at radius 2 is 0.951 bits per heavy atom. The summed E-state index contributed by atoms with van der Waals surface area (Å²) in [6.07, 6.45) is 57.3. The zero-order chi connectivity index (χ0) is 45.0. The summed E-state index contributed by atoms with van der Waals surface area (Å²) >= 11 is 0. The first-order chi connectivity index (χ1) is 29.5. The van der Waals surface area contributed by atoms with Crippen LogP contribution >= 0.6 is 7.82 Å². The summed E-state index contributed by atoms with van der Waals surface area (Å²) in [6.45, 7) is 4.76.